The molecule has 11 heavy (non-hydrogen) atoms. The molecule has 2 heterocycles. The number of amides is 1. The molecule has 62 valence electrons. The van der Waals surface area contributed by atoms with Crippen molar-refractivity contribution in [3.8, 4) is 0 Å². The van der Waals surface area contributed by atoms with Gasteiger partial charge in [-0.3, -0.25) is 9.80 Å². The highest BCUT2D eigenvalue weighted by Crippen LogP contribution is 2.19. The molecule has 2 fully saturated rings. The average molecular weight is 156 g/mol. The van der Waals surface area contributed by atoms with E-state index in [1.165, 1.54) is 0 Å². The molecule has 0 unspecified atom stereocenters. The van der Waals surface area contributed by atoms with E-state index in [1.807, 2.05) is 7.05 Å². The molecule has 2 aliphatic heterocycles. The first-order valence-electron chi connectivity index (χ1n) is 3.92. The molecule has 0 saturated carbocycles. The van der Waals surface area contributed by atoms with Crippen molar-refractivity contribution in [3.63, 3.8) is 0 Å². The minimum Gasteiger partial charge on any atom is -0.446 e. The molecule has 2 saturated heterocycles. The third-order valence-corrected chi connectivity index (χ3v) is 2.37. The SMILES string of the molecule is CN1CCCN2C(=O)OC[C@H]12. The summed E-state index contributed by atoms with van der Waals surface area (Å²) in [4.78, 5) is 15.0. The summed E-state index contributed by atoms with van der Waals surface area (Å²) in [6, 6.07) is 0. The minimum atomic E-state index is -0.151. The first-order chi connectivity index (χ1) is 5.29. The van der Waals surface area contributed by atoms with Gasteiger partial charge in [0.05, 0.1) is 0 Å². The maximum Gasteiger partial charge on any atom is 0.411 e. The highest BCUT2D eigenvalue weighted by atomic mass is 16.6. The van der Waals surface area contributed by atoms with Gasteiger partial charge in [0.1, 0.15) is 12.8 Å². The number of likely N-dealkylation sites (N-methyl/N-ethyl adjacent to an activating group) is 1. The molecule has 0 bridgehead atoms. The van der Waals surface area contributed by atoms with Gasteiger partial charge in [0.2, 0.25) is 0 Å². The molecule has 1 atom stereocenters. The number of carbonyl (C=O) groups excluding carboxylic acids is 1. The molecule has 4 heteroatoms. The number of fused-ring (bicyclic) bond motifs is 1. The second-order valence-electron chi connectivity index (χ2n) is 3.09. The van der Waals surface area contributed by atoms with Crippen LogP contribution in [0.5, 0.6) is 0 Å². The summed E-state index contributed by atoms with van der Waals surface area (Å²) in [6.45, 7) is 2.46. The summed E-state index contributed by atoms with van der Waals surface area (Å²) in [5.41, 5.74) is 0. The second-order valence-corrected chi connectivity index (χ2v) is 3.09. The van der Waals surface area contributed by atoms with Gasteiger partial charge in [-0.2, -0.15) is 0 Å². The van der Waals surface area contributed by atoms with Crippen molar-refractivity contribution in [1.29, 1.82) is 0 Å². The Morgan fingerprint density at radius 2 is 2.36 bits per heavy atom. The highest BCUT2D eigenvalue weighted by Gasteiger charge is 2.37. The van der Waals surface area contributed by atoms with Crippen molar-refractivity contribution in [2.75, 3.05) is 26.7 Å². The average Bonchev–Trinajstić information content (AvgIpc) is 2.35. The van der Waals surface area contributed by atoms with E-state index in [1.54, 1.807) is 4.90 Å². The summed E-state index contributed by atoms with van der Waals surface area (Å²) < 4.78 is 4.92. The zero-order chi connectivity index (χ0) is 7.84. The molecule has 4 nitrogen and oxygen atoms in total. The zero-order valence-electron chi connectivity index (χ0n) is 6.62. The van der Waals surface area contributed by atoms with Crippen LogP contribution in [0.4, 0.5) is 4.79 Å². The van der Waals surface area contributed by atoms with Gasteiger partial charge in [-0.05, 0) is 13.5 Å². The monoisotopic (exact) mass is 156 g/mol. The number of carbonyl (C=O) groups is 1. The van der Waals surface area contributed by atoms with Crippen molar-refractivity contribution in [2.45, 2.75) is 12.6 Å². The van der Waals surface area contributed by atoms with E-state index in [4.69, 9.17) is 4.74 Å². The third kappa shape index (κ3) is 0.976. The normalized spacial score (nSPS) is 31.9. The van der Waals surface area contributed by atoms with E-state index in [0.29, 0.717) is 6.61 Å². The Labute approximate surface area is 65.7 Å². The largest absolute Gasteiger partial charge is 0.446 e. The smallest absolute Gasteiger partial charge is 0.411 e. The predicted octanol–water partition coefficient (Wildman–Crippen LogP) is 0.100. The van der Waals surface area contributed by atoms with Crippen LogP contribution in [0.3, 0.4) is 0 Å². The van der Waals surface area contributed by atoms with Gasteiger partial charge in [-0.1, -0.05) is 0 Å². The lowest BCUT2D eigenvalue weighted by Crippen LogP contribution is -2.50. The van der Waals surface area contributed by atoms with Crippen LogP contribution in [0, 0.1) is 0 Å². The molecule has 0 N–H and O–H groups in total. The molecule has 0 aromatic carbocycles. The number of cyclic esters (lactones) is 1. The standard InChI is InChI=1S/C7H12N2O2/c1-8-3-2-4-9-6(8)5-11-7(9)10/h6H,2-5H2,1H3/t6-/m1/s1. The molecule has 0 spiro atoms. The second kappa shape index (κ2) is 2.37. The highest BCUT2D eigenvalue weighted by molar-refractivity contribution is 5.70. The van der Waals surface area contributed by atoms with Gasteiger partial charge >= 0.3 is 6.09 Å². The first-order valence-corrected chi connectivity index (χ1v) is 3.92. The number of hydrogen-bond acceptors (Lipinski definition) is 3. The number of nitrogens with zero attached hydrogens (tertiary/aromatic N) is 2. The Morgan fingerprint density at radius 3 is 3.09 bits per heavy atom. The molecule has 2 rings (SSSR count). The summed E-state index contributed by atoms with van der Waals surface area (Å²) in [6.07, 6.45) is 1.11. The van der Waals surface area contributed by atoms with Crippen LogP contribution in [-0.2, 0) is 4.74 Å². The maximum absolute atomic E-state index is 11.0. The Morgan fingerprint density at radius 1 is 1.55 bits per heavy atom. The molecule has 0 aromatic rings. The molecular formula is C7H12N2O2. The van der Waals surface area contributed by atoms with Crippen molar-refractivity contribution < 1.29 is 9.53 Å². The van der Waals surface area contributed by atoms with E-state index < -0.39 is 0 Å². The quantitative estimate of drug-likeness (QED) is 0.498. The summed E-state index contributed by atoms with van der Waals surface area (Å²) in [5, 5.41) is 0. The lowest BCUT2D eigenvalue weighted by atomic mass is 10.2. The van der Waals surface area contributed by atoms with Gasteiger partial charge < -0.3 is 4.74 Å². The summed E-state index contributed by atoms with van der Waals surface area (Å²) in [5.74, 6) is 0. The molecule has 0 aromatic heterocycles. The predicted molar refractivity (Wildman–Crippen MR) is 39.1 cm³/mol. The Balaban J connectivity index is 2.12. The van der Waals surface area contributed by atoms with Crippen LogP contribution in [-0.4, -0.2) is 48.8 Å². The van der Waals surface area contributed by atoms with E-state index in [-0.39, 0.29) is 12.3 Å². The Kier molecular flexibility index (Phi) is 1.49. The maximum atomic E-state index is 11.0. The first kappa shape index (κ1) is 6.91. The fourth-order valence-corrected chi connectivity index (χ4v) is 1.69. The molecule has 1 amide bonds. The van der Waals surface area contributed by atoms with E-state index in [9.17, 15) is 4.79 Å². The van der Waals surface area contributed by atoms with Crippen LogP contribution in [0.1, 0.15) is 6.42 Å². The molecule has 0 radical (unpaired) electrons. The molecule has 2 aliphatic rings. The van der Waals surface area contributed by atoms with Gasteiger partial charge in [-0.25, -0.2) is 4.79 Å². The van der Waals surface area contributed by atoms with Crippen LogP contribution in [0.2, 0.25) is 0 Å². The summed E-state index contributed by atoms with van der Waals surface area (Å²) >= 11 is 0. The fraction of sp³-hybridized carbons (Fsp3) is 0.857. The van der Waals surface area contributed by atoms with Crippen LogP contribution < -0.4 is 0 Å². The summed E-state index contributed by atoms with van der Waals surface area (Å²) in [7, 11) is 2.03. The molecule has 0 aliphatic carbocycles. The van der Waals surface area contributed by atoms with Gasteiger partial charge in [0.25, 0.3) is 0 Å². The minimum absolute atomic E-state index is 0.151. The molecular weight excluding hydrogens is 144 g/mol. The van der Waals surface area contributed by atoms with Crippen molar-refractivity contribution in [1.82, 2.24) is 9.80 Å². The number of ether oxygens (including phenoxy) is 1. The number of hydrogen-bond donors (Lipinski definition) is 0. The van der Waals surface area contributed by atoms with Gasteiger partial charge in [0.15, 0.2) is 0 Å². The lowest BCUT2D eigenvalue weighted by molar-refractivity contribution is 0.0798. The Hall–Kier alpha value is -0.770. The van der Waals surface area contributed by atoms with Crippen molar-refractivity contribution in [2.24, 2.45) is 0 Å². The zero-order valence-corrected chi connectivity index (χ0v) is 6.62. The Bertz CT molecular complexity index is 183. The lowest BCUT2D eigenvalue weighted by Gasteiger charge is -2.34. The topological polar surface area (TPSA) is 32.8 Å². The van der Waals surface area contributed by atoms with E-state index >= 15 is 0 Å². The van der Waals surface area contributed by atoms with Gasteiger partial charge in [0, 0.05) is 13.1 Å². The third-order valence-electron chi connectivity index (χ3n) is 2.37. The van der Waals surface area contributed by atoms with Gasteiger partial charge in [-0.15, -0.1) is 0 Å². The van der Waals surface area contributed by atoms with Crippen LogP contribution in [0.25, 0.3) is 0 Å². The number of rotatable bonds is 0. The van der Waals surface area contributed by atoms with E-state index in [2.05, 4.69) is 4.90 Å². The van der Waals surface area contributed by atoms with Crippen LogP contribution >= 0.6 is 0 Å². The van der Waals surface area contributed by atoms with Crippen molar-refractivity contribution >= 4 is 6.09 Å². The van der Waals surface area contributed by atoms with Crippen LogP contribution in [0.15, 0.2) is 0 Å². The van der Waals surface area contributed by atoms with Crippen molar-refractivity contribution in [3.05, 3.63) is 0 Å². The fourth-order valence-electron chi connectivity index (χ4n) is 1.69. The van der Waals surface area contributed by atoms with E-state index in [0.717, 1.165) is 19.5 Å².